The van der Waals surface area contributed by atoms with Crippen molar-refractivity contribution >= 4 is 26.1 Å². The fourth-order valence-corrected chi connectivity index (χ4v) is 3.62. The minimum absolute atomic E-state index is 0.0918. The van der Waals surface area contributed by atoms with Crippen LogP contribution in [0.5, 0.6) is 0 Å². The van der Waals surface area contributed by atoms with Crippen molar-refractivity contribution in [2.45, 2.75) is 77.0 Å². The molecule has 0 atom stereocenters. The van der Waals surface area contributed by atoms with Crippen molar-refractivity contribution in [3.63, 3.8) is 0 Å². The predicted octanol–water partition coefficient (Wildman–Crippen LogP) is 3.60. The SMILES string of the molecule is O=P(O)(O)C(CCCCCCCCCCCCC(=NO)P(=O)(O)O)=NO. The van der Waals surface area contributed by atoms with Crippen molar-refractivity contribution < 1.29 is 39.1 Å². The van der Waals surface area contributed by atoms with Crippen molar-refractivity contribution in [1.29, 1.82) is 0 Å². The van der Waals surface area contributed by atoms with Gasteiger partial charge >= 0.3 is 15.2 Å². The largest absolute Gasteiger partial charge is 0.410 e. The molecule has 0 amide bonds. The van der Waals surface area contributed by atoms with E-state index in [9.17, 15) is 9.13 Å². The highest BCUT2D eigenvalue weighted by Crippen LogP contribution is 2.39. The van der Waals surface area contributed by atoms with Gasteiger partial charge in [-0.15, -0.1) is 0 Å². The summed E-state index contributed by atoms with van der Waals surface area (Å²) in [5.74, 6) is 0. The van der Waals surface area contributed by atoms with Crippen LogP contribution in [0.3, 0.4) is 0 Å². The fraction of sp³-hybridized carbons (Fsp3) is 0.857. The van der Waals surface area contributed by atoms with E-state index in [1.807, 2.05) is 0 Å². The zero-order valence-electron chi connectivity index (χ0n) is 14.8. The first-order chi connectivity index (χ1) is 12.1. The van der Waals surface area contributed by atoms with Crippen LogP contribution < -0.4 is 0 Å². The maximum atomic E-state index is 10.9. The van der Waals surface area contributed by atoms with Gasteiger partial charge in [0.25, 0.3) is 0 Å². The van der Waals surface area contributed by atoms with Crippen LogP contribution in [0.1, 0.15) is 77.0 Å². The second-order valence-corrected chi connectivity index (χ2v) is 9.36. The molecule has 0 aromatic heterocycles. The minimum atomic E-state index is -4.44. The highest BCUT2D eigenvalue weighted by molar-refractivity contribution is 7.70. The van der Waals surface area contributed by atoms with E-state index in [2.05, 4.69) is 10.3 Å². The van der Waals surface area contributed by atoms with Crippen molar-refractivity contribution in [3.8, 4) is 0 Å². The Balaban J connectivity index is 3.53. The van der Waals surface area contributed by atoms with Crippen LogP contribution in [0.4, 0.5) is 0 Å². The first kappa shape index (κ1) is 25.2. The Morgan fingerprint density at radius 3 is 0.962 bits per heavy atom. The molecule has 0 spiro atoms. The van der Waals surface area contributed by atoms with E-state index in [0.717, 1.165) is 51.4 Å². The topological polar surface area (TPSA) is 180 Å². The molecule has 26 heavy (non-hydrogen) atoms. The normalized spacial score (nSPS) is 14.0. The smallest absolute Gasteiger partial charge is 0.373 e. The van der Waals surface area contributed by atoms with Gasteiger partial charge in [-0.25, -0.2) is 0 Å². The molecular formula is C14H30N2O8P2. The fourth-order valence-electron chi connectivity index (χ4n) is 2.49. The maximum Gasteiger partial charge on any atom is 0.373 e. The van der Waals surface area contributed by atoms with Gasteiger partial charge < -0.3 is 30.0 Å². The number of hydrogen-bond acceptors (Lipinski definition) is 6. The molecule has 0 heterocycles. The molecule has 0 rings (SSSR count). The predicted molar refractivity (Wildman–Crippen MR) is 97.9 cm³/mol. The molecule has 154 valence electrons. The van der Waals surface area contributed by atoms with Crippen LogP contribution >= 0.6 is 15.2 Å². The molecule has 0 aliphatic heterocycles. The second kappa shape index (κ2) is 13.4. The van der Waals surface area contributed by atoms with E-state index in [1.165, 1.54) is 0 Å². The van der Waals surface area contributed by atoms with Crippen molar-refractivity contribution in [3.05, 3.63) is 0 Å². The molecule has 12 heteroatoms. The first-order valence-corrected chi connectivity index (χ1v) is 11.9. The highest BCUT2D eigenvalue weighted by Gasteiger charge is 2.23. The molecule has 0 bridgehead atoms. The lowest BCUT2D eigenvalue weighted by Crippen LogP contribution is -1.99. The summed E-state index contributed by atoms with van der Waals surface area (Å²) >= 11 is 0. The number of rotatable bonds is 15. The monoisotopic (exact) mass is 416 g/mol. The molecule has 0 fully saturated rings. The summed E-state index contributed by atoms with van der Waals surface area (Å²) < 4.78 is 21.9. The average Bonchev–Trinajstić information content (AvgIpc) is 2.53. The summed E-state index contributed by atoms with van der Waals surface area (Å²) in [5, 5.41) is 22.4. The quantitative estimate of drug-likeness (QED) is 0.0770. The van der Waals surface area contributed by atoms with Crippen LogP contribution in [0.15, 0.2) is 10.3 Å². The van der Waals surface area contributed by atoms with E-state index >= 15 is 0 Å². The summed E-state index contributed by atoms with van der Waals surface area (Å²) in [6, 6.07) is 0. The van der Waals surface area contributed by atoms with E-state index in [4.69, 9.17) is 30.0 Å². The zero-order chi connectivity index (χ0) is 20.1. The lowest BCUT2D eigenvalue weighted by Gasteiger charge is -2.06. The van der Waals surface area contributed by atoms with Gasteiger partial charge in [0.15, 0.2) is 10.9 Å². The van der Waals surface area contributed by atoms with Gasteiger partial charge in [-0.2, -0.15) is 0 Å². The third-order valence-corrected chi connectivity index (χ3v) is 5.93. The van der Waals surface area contributed by atoms with Gasteiger partial charge in [-0.1, -0.05) is 61.7 Å². The van der Waals surface area contributed by atoms with Crippen LogP contribution in [0.25, 0.3) is 0 Å². The summed E-state index contributed by atoms with van der Waals surface area (Å²) in [7, 11) is -8.88. The molecule has 0 saturated heterocycles. The van der Waals surface area contributed by atoms with Crippen LogP contribution in [-0.2, 0) is 9.13 Å². The first-order valence-electron chi connectivity index (χ1n) is 8.67. The standard InChI is InChI=1S/C14H30N2O8P2/c17-15-13(25(19,20)21)11-9-7-5-3-1-2-4-6-8-10-12-14(16-18)26(22,23)24/h17-18H,1-12H2,(H2,19,20,21)(H2,22,23,24). The lowest BCUT2D eigenvalue weighted by atomic mass is 10.1. The van der Waals surface area contributed by atoms with E-state index in [0.29, 0.717) is 12.8 Å². The van der Waals surface area contributed by atoms with Gasteiger partial charge in [0, 0.05) is 12.8 Å². The van der Waals surface area contributed by atoms with E-state index in [-0.39, 0.29) is 12.8 Å². The third-order valence-electron chi connectivity index (χ3n) is 3.95. The van der Waals surface area contributed by atoms with Crippen molar-refractivity contribution in [1.82, 2.24) is 0 Å². The average molecular weight is 416 g/mol. The molecule has 6 N–H and O–H groups in total. The van der Waals surface area contributed by atoms with Crippen molar-refractivity contribution in [2.75, 3.05) is 0 Å². The molecule has 0 aromatic carbocycles. The molecule has 0 saturated carbocycles. The number of hydrogen-bond donors (Lipinski definition) is 6. The summed E-state index contributed by atoms with van der Waals surface area (Å²) in [5.41, 5.74) is -0.934. The Labute approximate surface area is 153 Å². The van der Waals surface area contributed by atoms with Gasteiger partial charge in [-0.3, -0.25) is 9.13 Å². The van der Waals surface area contributed by atoms with Crippen molar-refractivity contribution in [2.24, 2.45) is 10.3 Å². The van der Waals surface area contributed by atoms with Crippen LogP contribution in [0.2, 0.25) is 0 Å². The number of unbranched alkanes of at least 4 members (excludes halogenated alkanes) is 9. The summed E-state index contributed by atoms with van der Waals surface area (Å²) in [6.45, 7) is 0. The van der Waals surface area contributed by atoms with Gasteiger partial charge in [0.1, 0.15) is 0 Å². The zero-order valence-corrected chi connectivity index (χ0v) is 16.6. The Morgan fingerprint density at radius 2 is 0.769 bits per heavy atom. The Morgan fingerprint density at radius 1 is 0.538 bits per heavy atom. The van der Waals surface area contributed by atoms with Gasteiger partial charge in [-0.05, 0) is 12.8 Å². The second-order valence-electron chi connectivity index (χ2n) is 6.16. The molecular weight excluding hydrogens is 386 g/mol. The maximum absolute atomic E-state index is 10.9. The third kappa shape index (κ3) is 12.6. The Hall–Kier alpha value is -0.760. The highest BCUT2D eigenvalue weighted by atomic mass is 31.2. The molecule has 0 aliphatic carbocycles. The molecule has 0 unspecified atom stereocenters. The summed E-state index contributed by atoms with van der Waals surface area (Å²) in [6.07, 6.45) is 8.95. The molecule has 10 nitrogen and oxygen atoms in total. The molecule has 0 radical (unpaired) electrons. The van der Waals surface area contributed by atoms with E-state index < -0.39 is 26.1 Å². The van der Waals surface area contributed by atoms with Gasteiger partial charge in [0.2, 0.25) is 0 Å². The van der Waals surface area contributed by atoms with Crippen LogP contribution in [-0.4, -0.2) is 40.9 Å². The Kier molecular flexibility index (Phi) is 13.0. The number of oxime groups is 2. The van der Waals surface area contributed by atoms with E-state index in [1.54, 1.807) is 0 Å². The minimum Gasteiger partial charge on any atom is -0.410 e. The molecule has 0 aromatic rings. The Bertz CT molecular complexity index is 493. The number of nitrogens with zero attached hydrogens (tertiary/aromatic N) is 2. The van der Waals surface area contributed by atoms with Crippen LogP contribution in [0, 0.1) is 0 Å². The lowest BCUT2D eigenvalue weighted by molar-refractivity contribution is 0.314. The summed E-state index contributed by atoms with van der Waals surface area (Å²) in [4.78, 5) is 35.5. The molecule has 0 aliphatic rings. The van der Waals surface area contributed by atoms with Gasteiger partial charge in [0.05, 0.1) is 0 Å².